The van der Waals surface area contributed by atoms with Crippen molar-refractivity contribution in [2.75, 3.05) is 13.1 Å². The predicted octanol–water partition coefficient (Wildman–Crippen LogP) is 1.62. The van der Waals surface area contributed by atoms with E-state index in [1.54, 1.807) is 4.90 Å². The highest BCUT2D eigenvalue weighted by atomic mass is 19.1. The lowest BCUT2D eigenvalue weighted by atomic mass is 10.2. The first kappa shape index (κ1) is 9.83. The van der Waals surface area contributed by atoms with Crippen LogP contribution in [0.2, 0.25) is 0 Å². The Labute approximate surface area is 87.2 Å². The summed E-state index contributed by atoms with van der Waals surface area (Å²) in [4.78, 5) is 17.2. The number of carbonyl (C=O) groups excluding carboxylic acids is 1. The van der Waals surface area contributed by atoms with Crippen molar-refractivity contribution in [3.8, 4) is 0 Å². The molecule has 0 spiro atoms. The van der Waals surface area contributed by atoms with Gasteiger partial charge in [-0.05, 0) is 12.5 Å². The Bertz CT molecular complexity index is 403. The van der Waals surface area contributed by atoms with Crippen LogP contribution in [-0.4, -0.2) is 28.9 Å². The molecule has 0 aliphatic carbocycles. The molecule has 0 saturated heterocycles. The standard InChI is InChI=1S/C11H11FN2O/c12-10-6-9(7-13-8-10)11(15)14-4-2-1-3-5-14/h1-2,6-8H,3-5H2. The third kappa shape index (κ3) is 2.21. The van der Waals surface area contributed by atoms with Crippen molar-refractivity contribution in [3.05, 3.63) is 42.0 Å². The van der Waals surface area contributed by atoms with Gasteiger partial charge in [0, 0.05) is 19.3 Å². The summed E-state index contributed by atoms with van der Waals surface area (Å²) in [5.74, 6) is -0.639. The number of pyridine rings is 1. The van der Waals surface area contributed by atoms with Gasteiger partial charge in [-0.1, -0.05) is 12.2 Å². The fourth-order valence-electron chi connectivity index (χ4n) is 1.54. The molecule has 1 aromatic rings. The molecule has 0 atom stereocenters. The summed E-state index contributed by atoms with van der Waals surface area (Å²) in [7, 11) is 0. The minimum atomic E-state index is -0.478. The van der Waals surface area contributed by atoms with E-state index in [9.17, 15) is 9.18 Å². The molecule has 2 rings (SSSR count). The third-order valence-electron chi connectivity index (χ3n) is 2.30. The van der Waals surface area contributed by atoms with Crippen LogP contribution < -0.4 is 0 Å². The Morgan fingerprint density at radius 3 is 2.93 bits per heavy atom. The molecule has 0 radical (unpaired) electrons. The van der Waals surface area contributed by atoms with E-state index in [1.165, 1.54) is 12.3 Å². The van der Waals surface area contributed by atoms with E-state index >= 15 is 0 Å². The zero-order chi connectivity index (χ0) is 10.7. The number of rotatable bonds is 1. The molecule has 1 aromatic heterocycles. The minimum absolute atomic E-state index is 0.161. The Kier molecular flexibility index (Phi) is 2.76. The van der Waals surface area contributed by atoms with E-state index < -0.39 is 5.82 Å². The number of halogens is 1. The lowest BCUT2D eigenvalue weighted by molar-refractivity contribution is 0.0770. The fraction of sp³-hybridized carbons (Fsp3) is 0.273. The third-order valence-corrected chi connectivity index (χ3v) is 2.30. The zero-order valence-corrected chi connectivity index (χ0v) is 8.19. The van der Waals surface area contributed by atoms with Crippen LogP contribution in [0, 0.1) is 5.82 Å². The molecule has 78 valence electrons. The fourth-order valence-corrected chi connectivity index (χ4v) is 1.54. The molecular weight excluding hydrogens is 195 g/mol. The highest BCUT2D eigenvalue weighted by Gasteiger charge is 2.16. The number of nitrogens with zero attached hydrogens (tertiary/aromatic N) is 2. The van der Waals surface area contributed by atoms with E-state index in [1.807, 2.05) is 12.2 Å². The summed E-state index contributed by atoms with van der Waals surface area (Å²) in [6.45, 7) is 1.28. The van der Waals surface area contributed by atoms with Crippen molar-refractivity contribution in [2.24, 2.45) is 0 Å². The SMILES string of the molecule is O=C(c1cncc(F)c1)N1CC=CCC1. The zero-order valence-electron chi connectivity index (χ0n) is 8.19. The molecule has 0 fully saturated rings. The second-order valence-electron chi connectivity index (χ2n) is 3.40. The van der Waals surface area contributed by atoms with Crippen LogP contribution in [0.25, 0.3) is 0 Å². The maximum absolute atomic E-state index is 12.8. The maximum Gasteiger partial charge on any atom is 0.255 e. The summed E-state index contributed by atoms with van der Waals surface area (Å²) in [6, 6.07) is 1.22. The van der Waals surface area contributed by atoms with Crippen molar-refractivity contribution < 1.29 is 9.18 Å². The van der Waals surface area contributed by atoms with Crippen LogP contribution in [0.1, 0.15) is 16.8 Å². The first-order valence-electron chi connectivity index (χ1n) is 4.82. The summed E-state index contributed by atoms with van der Waals surface area (Å²) in [5, 5.41) is 0. The monoisotopic (exact) mass is 206 g/mol. The second kappa shape index (κ2) is 4.21. The van der Waals surface area contributed by atoms with Crippen LogP contribution in [0.3, 0.4) is 0 Å². The van der Waals surface area contributed by atoms with Gasteiger partial charge in [-0.2, -0.15) is 0 Å². The molecule has 1 amide bonds. The Morgan fingerprint density at radius 1 is 1.40 bits per heavy atom. The molecule has 15 heavy (non-hydrogen) atoms. The van der Waals surface area contributed by atoms with Gasteiger partial charge in [0.05, 0.1) is 11.8 Å². The molecule has 3 nitrogen and oxygen atoms in total. The summed E-state index contributed by atoms with van der Waals surface area (Å²) in [6.07, 6.45) is 7.31. The van der Waals surface area contributed by atoms with Crippen molar-refractivity contribution in [2.45, 2.75) is 6.42 Å². The lowest BCUT2D eigenvalue weighted by Gasteiger charge is -2.23. The van der Waals surface area contributed by atoms with Gasteiger partial charge in [-0.3, -0.25) is 9.78 Å². The molecule has 0 saturated carbocycles. The minimum Gasteiger partial charge on any atom is -0.335 e. The van der Waals surface area contributed by atoms with Gasteiger partial charge in [-0.25, -0.2) is 4.39 Å². The number of hydrogen-bond acceptors (Lipinski definition) is 2. The summed E-state index contributed by atoms with van der Waals surface area (Å²) < 4.78 is 12.8. The van der Waals surface area contributed by atoms with Gasteiger partial charge < -0.3 is 4.90 Å². The van der Waals surface area contributed by atoms with Crippen LogP contribution >= 0.6 is 0 Å². The number of hydrogen-bond donors (Lipinski definition) is 0. The van der Waals surface area contributed by atoms with E-state index in [4.69, 9.17) is 0 Å². The first-order chi connectivity index (χ1) is 7.27. The Hall–Kier alpha value is -1.71. The average molecular weight is 206 g/mol. The van der Waals surface area contributed by atoms with Gasteiger partial charge in [0.1, 0.15) is 5.82 Å². The number of carbonyl (C=O) groups is 1. The van der Waals surface area contributed by atoms with E-state index in [2.05, 4.69) is 4.98 Å². The highest BCUT2D eigenvalue weighted by Crippen LogP contribution is 2.09. The number of aromatic nitrogens is 1. The maximum atomic E-state index is 12.8. The van der Waals surface area contributed by atoms with Gasteiger partial charge in [-0.15, -0.1) is 0 Å². The first-order valence-corrected chi connectivity index (χ1v) is 4.82. The highest BCUT2D eigenvalue weighted by molar-refractivity contribution is 5.94. The Morgan fingerprint density at radius 2 is 2.27 bits per heavy atom. The van der Waals surface area contributed by atoms with Gasteiger partial charge in [0.2, 0.25) is 0 Å². The van der Waals surface area contributed by atoms with Crippen molar-refractivity contribution in [3.63, 3.8) is 0 Å². The van der Waals surface area contributed by atoms with Crippen LogP contribution in [0.15, 0.2) is 30.6 Å². The molecule has 0 aromatic carbocycles. The molecule has 2 heterocycles. The molecule has 0 bridgehead atoms. The Balaban J connectivity index is 2.16. The quantitative estimate of drug-likeness (QED) is 0.654. The van der Waals surface area contributed by atoms with E-state index in [0.717, 1.165) is 12.6 Å². The molecule has 4 heteroatoms. The second-order valence-corrected chi connectivity index (χ2v) is 3.40. The van der Waals surface area contributed by atoms with Crippen molar-refractivity contribution in [1.82, 2.24) is 9.88 Å². The number of amides is 1. The predicted molar refractivity (Wildman–Crippen MR) is 53.9 cm³/mol. The topological polar surface area (TPSA) is 33.2 Å². The van der Waals surface area contributed by atoms with E-state index in [-0.39, 0.29) is 5.91 Å². The lowest BCUT2D eigenvalue weighted by Crippen LogP contribution is -2.33. The average Bonchev–Trinajstić information content (AvgIpc) is 2.29. The van der Waals surface area contributed by atoms with Crippen LogP contribution in [0.5, 0.6) is 0 Å². The molecule has 0 unspecified atom stereocenters. The molecular formula is C11H11FN2O. The molecule has 1 aliphatic heterocycles. The normalized spacial score (nSPS) is 15.4. The summed E-state index contributed by atoms with van der Waals surface area (Å²) in [5.41, 5.74) is 0.310. The molecule has 1 aliphatic rings. The van der Waals surface area contributed by atoms with Gasteiger partial charge in [0.25, 0.3) is 5.91 Å². The van der Waals surface area contributed by atoms with Crippen LogP contribution in [-0.2, 0) is 0 Å². The molecule has 0 N–H and O–H groups in total. The van der Waals surface area contributed by atoms with Gasteiger partial charge in [0.15, 0.2) is 0 Å². The smallest absolute Gasteiger partial charge is 0.255 e. The van der Waals surface area contributed by atoms with Gasteiger partial charge >= 0.3 is 0 Å². The largest absolute Gasteiger partial charge is 0.335 e. The van der Waals surface area contributed by atoms with Crippen molar-refractivity contribution >= 4 is 5.91 Å². The van der Waals surface area contributed by atoms with E-state index in [0.29, 0.717) is 18.7 Å². The summed E-state index contributed by atoms with van der Waals surface area (Å²) >= 11 is 0. The van der Waals surface area contributed by atoms with Crippen molar-refractivity contribution in [1.29, 1.82) is 0 Å². The van der Waals surface area contributed by atoms with Crippen LogP contribution in [0.4, 0.5) is 4.39 Å².